The highest BCUT2D eigenvalue weighted by molar-refractivity contribution is 5.55. The molecule has 0 spiro atoms. The molecule has 1 atom stereocenters. The molecule has 0 aromatic heterocycles. The minimum atomic E-state index is -0.155. The molecule has 1 heterocycles. The van der Waals surface area contributed by atoms with Gasteiger partial charge in [0.25, 0.3) is 0 Å². The van der Waals surface area contributed by atoms with Gasteiger partial charge >= 0.3 is 0 Å². The van der Waals surface area contributed by atoms with E-state index in [-0.39, 0.29) is 17.4 Å². The number of anilines is 1. The molecule has 1 aliphatic rings. The fourth-order valence-corrected chi connectivity index (χ4v) is 2.19. The first-order chi connectivity index (χ1) is 7.47. The highest BCUT2D eigenvalue weighted by Gasteiger charge is 2.25. The molecular weight excluding hydrogens is 203 g/mol. The van der Waals surface area contributed by atoms with Crippen molar-refractivity contribution >= 4 is 5.69 Å². The molecule has 0 bridgehead atoms. The topological polar surface area (TPSA) is 24.1 Å². The fraction of sp³-hybridized carbons (Fsp3) is 0.538. The lowest BCUT2D eigenvalue weighted by molar-refractivity contribution is 0.350. The Morgan fingerprint density at radius 2 is 2.12 bits per heavy atom. The number of fused-ring (bicyclic) bond motifs is 1. The standard InChI is InChI=1S/C13H19FN2/c1-13(2,3)16-11-7-8-15-12-9(11)5-4-6-10(12)14/h4-6,11,15-16H,7-8H2,1-3H3. The zero-order valence-corrected chi connectivity index (χ0v) is 10.1. The van der Waals surface area contributed by atoms with Gasteiger partial charge in [0.05, 0.1) is 5.69 Å². The summed E-state index contributed by atoms with van der Waals surface area (Å²) in [6, 6.07) is 5.52. The van der Waals surface area contributed by atoms with Gasteiger partial charge in [-0.05, 0) is 38.8 Å². The van der Waals surface area contributed by atoms with E-state index in [4.69, 9.17) is 0 Å². The smallest absolute Gasteiger partial charge is 0.146 e. The summed E-state index contributed by atoms with van der Waals surface area (Å²) in [7, 11) is 0. The monoisotopic (exact) mass is 222 g/mol. The summed E-state index contributed by atoms with van der Waals surface area (Å²) in [6.07, 6.45) is 0.994. The van der Waals surface area contributed by atoms with Crippen LogP contribution in [0, 0.1) is 5.82 Å². The Labute approximate surface area is 96.2 Å². The largest absolute Gasteiger partial charge is 0.382 e. The Morgan fingerprint density at radius 1 is 1.38 bits per heavy atom. The van der Waals surface area contributed by atoms with Crippen LogP contribution in [-0.4, -0.2) is 12.1 Å². The lowest BCUT2D eigenvalue weighted by atomic mass is 9.95. The maximum Gasteiger partial charge on any atom is 0.146 e. The Hall–Kier alpha value is -1.09. The van der Waals surface area contributed by atoms with E-state index < -0.39 is 0 Å². The third-order valence-electron chi connectivity index (χ3n) is 2.76. The second kappa shape index (κ2) is 4.06. The third kappa shape index (κ3) is 2.35. The van der Waals surface area contributed by atoms with E-state index in [1.807, 2.05) is 6.07 Å². The number of nitrogens with one attached hydrogen (secondary N) is 2. The van der Waals surface area contributed by atoms with Gasteiger partial charge in [0, 0.05) is 18.1 Å². The van der Waals surface area contributed by atoms with Crippen molar-refractivity contribution in [3.8, 4) is 0 Å². The first-order valence-electron chi connectivity index (χ1n) is 5.77. The number of benzene rings is 1. The van der Waals surface area contributed by atoms with E-state index in [1.165, 1.54) is 6.07 Å². The van der Waals surface area contributed by atoms with Crippen molar-refractivity contribution < 1.29 is 4.39 Å². The molecule has 2 N–H and O–H groups in total. The molecule has 0 saturated carbocycles. The normalized spacial score (nSPS) is 20.1. The molecule has 88 valence electrons. The lowest BCUT2D eigenvalue weighted by Gasteiger charge is -2.33. The minimum Gasteiger partial charge on any atom is -0.382 e. The molecule has 0 amide bonds. The average Bonchev–Trinajstić information content (AvgIpc) is 2.17. The van der Waals surface area contributed by atoms with Crippen molar-refractivity contribution in [3.05, 3.63) is 29.6 Å². The first-order valence-corrected chi connectivity index (χ1v) is 5.77. The van der Waals surface area contributed by atoms with E-state index in [1.54, 1.807) is 6.07 Å². The van der Waals surface area contributed by atoms with Crippen LogP contribution in [0.5, 0.6) is 0 Å². The van der Waals surface area contributed by atoms with Crippen LogP contribution in [0.3, 0.4) is 0 Å². The van der Waals surface area contributed by atoms with Crippen LogP contribution in [-0.2, 0) is 0 Å². The van der Waals surface area contributed by atoms with Gasteiger partial charge < -0.3 is 10.6 Å². The SMILES string of the molecule is CC(C)(C)NC1CCNc2c(F)cccc21. The molecule has 1 aliphatic heterocycles. The Bertz CT molecular complexity index is 382. The number of halogens is 1. The van der Waals surface area contributed by atoms with Gasteiger partial charge in [-0.3, -0.25) is 0 Å². The van der Waals surface area contributed by atoms with Gasteiger partial charge in [-0.2, -0.15) is 0 Å². The van der Waals surface area contributed by atoms with Gasteiger partial charge in [0.15, 0.2) is 0 Å². The fourth-order valence-electron chi connectivity index (χ4n) is 2.19. The molecular formula is C13H19FN2. The minimum absolute atomic E-state index is 0.0472. The number of hydrogen-bond acceptors (Lipinski definition) is 2. The summed E-state index contributed by atoms with van der Waals surface area (Å²) in [5.41, 5.74) is 1.75. The van der Waals surface area contributed by atoms with Gasteiger partial charge in [-0.25, -0.2) is 4.39 Å². The Balaban J connectivity index is 2.30. The Morgan fingerprint density at radius 3 is 2.81 bits per heavy atom. The van der Waals surface area contributed by atoms with E-state index >= 15 is 0 Å². The summed E-state index contributed by atoms with van der Waals surface area (Å²) in [4.78, 5) is 0. The van der Waals surface area contributed by atoms with Crippen molar-refractivity contribution in [3.63, 3.8) is 0 Å². The molecule has 1 unspecified atom stereocenters. The first kappa shape index (κ1) is 11.4. The summed E-state index contributed by atoms with van der Waals surface area (Å²) >= 11 is 0. The van der Waals surface area contributed by atoms with Crippen molar-refractivity contribution in [2.45, 2.75) is 38.8 Å². The van der Waals surface area contributed by atoms with Crippen LogP contribution in [0.25, 0.3) is 0 Å². The molecule has 0 aliphatic carbocycles. The third-order valence-corrected chi connectivity index (χ3v) is 2.76. The maximum atomic E-state index is 13.6. The van der Waals surface area contributed by atoms with Crippen molar-refractivity contribution in [1.82, 2.24) is 5.32 Å². The molecule has 0 saturated heterocycles. The zero-order chi connectivity index (χ0) is 11.8. The number of rotatable bonds is 1. The number of para-hydroxylation sites is 1. The molecule has 2 nitrogen and oxygen atoms in total. The summed E-state index contributed by atoms with van der Waals surface area (Å²) < 4.78 is 13.6. The van der Waals surface area contributed by atoms with Crippen LogP contribution < -0.4 is 10.6 Å². The van der Waals surface area contributed by atoms with E-state index in [0.717, 1.165) is 18.5 Å². The highest BCUT2D eigenvalue weighted by Crippen LogP contribution is 2.32. The van der Waals surface area contributed by atoms with E-state index in [2.05, 4.69) is 31.4 Å². The van der Waals surface area contributed by atoms with Gasteiger partial charge in [0.1, 0.15) is 5.82 Å². The predicted molar refractivity (Wildman–Crippen MR) is 65.1 cm³/mol. The van der Waals surface area contributed by atoms with E-state index in [0.29, 0.717) is 5.69 Å². The van der Waals surface area contributed by atoms with Gasteiger partial charge in [-0.1, -0.05) is 12.1 Å². The second-order valence-corrected chi connectivity index (χ2v) is 5.37. The molecule has 3 heteroatoms. The van der Waals surface area contributed by atoms with Crippen molar-refractivity contribution in [2.24, 2.45) is 0 Å². The molecule has 2 rings (SSSR count). The van der Waals surface area contributed by atoms with Crippen LogP contribution in [0.2, 0.25) is 0 Å². The molecule has 0 fully saturated rings. The van der Waals surface area contributed by atoms with Crippen LogP contribution >= 0.6 is 0 Å². The summed E-state index contributed by atoms with van der Waals surface area (Å²) in [6.45, 7) is 7.22. The van der Waals surface area contributed by atoms with Gasteiger partial charge in [0.2, 0.25) is 0 Å². The van der Waals surface area contributed by atoms with Crippen LogP contribution in [0.15, 0.2) is 18.2 Å². The predicted octanol–water partition coefficient (Wildman–Crippen LogP) is 3.07. The quantitative estimate of drug-likeness (QED) is 0.763. The zero-order valence-electron chi connectivity index (χ0n) is 10.1. The van der Waals surface area contributed by atoms with Crippen LogP contribution in [0.4, 0.5) is 10.1 Å². The Kier molecular flexibility index (Phi) is 2.89. The molecule has 0 radical (unpaired) electrons. The molecule has 1 aromatic rings. The highest BCUT2D eigenvalue weighted by atomic mass is 19.1. The summed E-state index contributed by atoms with van der Waals surface area (Å²) in [5.74, 6) is -0.155. The lowest BCUT2D eigenvalue weighted by Crippen LogP contribution is -2.41. The van der Waals surface area contributed by atoms with Crippen LogP contribution in [0.1, 0.15) is 38.8 Å². The molecule has 16 heavy (non-hydrogen) atoms. The van der Waals surface area contributed by atoms with Crippen molar-refractivity contribution in [1.29, 1.82) is 0 Å². The molecule has 1 aromatic carbocycles. The maximum absolute atomic E-state index is 13.6. The summed E-state index contributed by atoms with van der Waals surface area (Å²) in [5, 5.41) is 6.67. The van der Waals surface area contributed by atoms with Crippen molar-refractivity contribution in [2.75, 3.05) is 11.9 Å². The second-order valence-electron chi connectivity index (χ2n) is 5.37. The van der Waals surface area contributed by atoms with Gasteiger partial charge in [-0.15, -0.1) is 0 Å². The van der Waals surface area contributed by atoms with E-state index in [9.17, 15) is 4.39 Å². The average molecular weight is 222 g/mol. The number of hydrogen-bond donors (Lipinski definition) is 2.